The van der Waals surface area contributed by atoms with Crippen molar-refractivity contribution < 1.29 is 13.6 Å². The van der Waals surface area contributed by atoms with Gasteiger partial charge in [-0.1, -0.05) is 48.5 Å². The van der Waals surface area contributed by atoms with Crippen LogP contribution in [0.1, 0.15) is 74.1 Å². The summed E-state index contributed by atoms with van der Waals surface area (Å²) in [7, 11) is -3.63. The quantitative estimate of drug-likeness (QED) is 0.323. The highest BCUT2D eigenvalue weighted by Crippen LogP contribution is 2.44. The van der Waals surface area contributed by atoms with E-state index >= 15 is 0 Å². The van der Waals surface area contributed by atoms with Gasteiger partial charge in [-0.2, -0.15) is 0 Å². The summed E-state index contributed by atoms with van der Waals surface area (Å²) >= 11 is 0. The van der Waals surface area contributed by atoms with Crippen molar-refractivity contribution in [1.82, 2.24) is 0 Å². The minimum atomic E-state index is -1.82. The largest absolute Gasteiger partial charge is 0.411 e. The fourth-order valence-electron chi connectivity index (χ4n) is 3.83. The van der Waals surface area contributed by atoms with Gasteiger partial charge in [-0.3, -0.25) is 0 Å². The third-order valence-corrected chi connectivity index (χ3v) is 17.1. The minimum absolute atomic E-state index is 0.233. The van der Waals surface area contributed by atoms with E-state index in [0.29, 0.717) is 12.0 Å². The van der Waals surface area contributed by atoms with Crippen molar-refractivity contribution in [2.24, 2.45) is 11.8 Å². The van der Waals surface area contributed by atoms with Gasteiger partial charge in [-0.05, 0) is 73.8 Å². The van der Waals surface area contributed by atoms with Gasteiger partial charge >= 0.3 is 0 Å². The Balaban J connectivity index is 2.13. The fourth-order valence-corrected chi connectivity index (χ4v) is 6.57. The zero-order chi connectivity index (χ0) is 21.5. The van der Waals surface area contributed by atoms with Gasteiger partial charge in [0.1, 0.15) is 0 Å². The number of rotatable bonds is 7. The van der Waals surface area contributed by atoms with Gasteiger partial charge in [0.15, 0.2) is 16.6 Å². The highest BCUT2D eigenvalue weighted by Gasteiger charge is 2.46. The van der Waals surface area contributed by atoms with Crippen LogP contribution in [-0.4, -0.2) is 41.6 Å². The molecule has 0 N–H and O–H groups in total. The Morgan fingerprint density at radius 2 is 1.32 bits per heavy atom. The summed E-state index contributed by atoms with van der Waals surface area (Å²) in [5.41, 5.74) is 0. The van der Waals surface area contributed by atoms with E-state index in [1.165, 1.54) is 12.8 Å². The molecule has 2 aliphatic rings. The van der Waals surface area contributed by atoms with Crippen molar-refractivity contribution in [3.05, 3.63) is 0 Å². The van der Waals surface area contributed by atoms with Gasteiger partial charge < -0.3 is 13.6 Å². The first-order chi connectivity index (χ1) is 12.5. The molecule has 1 saturated carbocycles. The van der Waals surface area contributed by atoms with E-state index < -0.39 is 16.6 Å². The lowest BCUT2D eigenvalue weighted by atomic mass is 9.80. The van der Waals surface area contributed by atoms with Crippen LogP contribution in [0.5, 0.6) is 0 Å². The lowest BCUT2D eigenvalue weighted by Gasteiger charge is -2.48. The molecule has 0 unspecified atom stereocenters. The zero-order valence-corrected chi connectivity index (χ0v) is 22.6. The van der Waals surface area contributed by atoms with Crippen LogP contribution in [0, 0.1) is 11.8 Å². The second kappa shape index (κ2) is 8.45. The first-order valence-corrected chi connectivity index (χ1v) is 17.3. The molecule has 0 bridgehead atoms. The summed E-state index contributed by atoms with van der Waals surface area (Å²) < 4.78 is 19.5. The van der Waals surface area contributed by atoms with Gasteiger partial charge in [0.2, 0.25) is 0 Å². The topological polar surface area (TPSA) is 31.0 Å². The minimum Gasteiger partial charge on any atom is -0.411 e. The molecule has 1 aliphatic heterocycles. The number of epoxide rings is 1. The Hall–Kier alpha value is 0.314. The Labute approximate surface area is 177 Å². The Bertz CT molecular complexity index is 515. The molecule has 5 atom stereocenters. The molecule has 1 aliphatic carbocycles. The van der Waals surface area contributed by atoms with Crippen LogP contribution in [0.3, 0.4) is 0 Å². The van der Waals surface area contributed by atoms with Gasteiger partial charge in [0.05, 0.1) is 24.9 Å². The van der Waals surface area contributed by atoms with Crippen LogP contribution >= 0.6 is 0 Å². The van der Waals surface area contributed by atoms with Gasteiger partial charge in [0, 0.05) is 0 Å². The molecule has 1 heterocycles. The lowest BCUT2D eigenvalue weighted by molar-refractivity contribution is -0.0141. The van der Waals surface area contributed by atoms with Crippen LogP contribution in [0.4, 0.5) is 0 Å². The number of hydrogen-bond acceptors (Lipinski definition) is 3. The summed E-state index contributed by atoms with van der Waals surface area (Å²) in [6.45, 7) is 26.9. The molecule has 166 valence electrons. The van der Waals surface area contributed by atoms with E-state index in [-0.39, 0.29) is 22.3 Å². The van der Waals surface area contributed by atoms with Crippen LogP contribution in [0.2, 0.25) is 36.3 Å². The smallest absolute Gasteiger partial charge is 0.192 e. The maximum atomic E-state index is 7.01. The van der Waals surface area contributed by atoms with Gasteiger partial charge in [-0.25, -0.2) is 0 Å². The molecule has 0 spiro atoms. The summed E-state index contributed by atoms with van der Waals surface area (Å²) in [5, 5.41) is 0.472. The molecule has 0 amide bonds. The summed E-state index contributed by atoms with van der Waals surface area (Å²) in [4.78, 5) is 0. The SMILES string of the molecule is C[C@H](C[C@@H]1CC[C@@H](O[Si](C)(C)C(C)(C)C)[C@H](O[Si](C)(C)C(C)(C)C)C1)[C@@H]1CO1. The van der Waals surface area contributed by atoms with Crippen LogP contribution in [0.15, 0.2) is 0 Å². The second-order valence-electron chi connectivity index (χ2n) is 12.6. The van der Waals surface area contributed by atoms with Crippen molar-refractivity contribution in [2.45, 2.75) is 129 Å². The fraction of sp³-hybridized carbons (Fsp3) is 1.00. The lowest BCUT2D eigenvalue weighted by Crippen LogP contribution is -2.53. The molecule has 0 aromatic carbocycles. The Morgan fingerprint density at radius 3 is 1.75 bits per heavy atom. The average Bonchev–Trinajstić information content (AvgIpc) is 3.31. The Kier molecular flexibility index (Phi) is 7.42. The van der Waals surface area contributed by atoms with E-state index in [1.54, 1.807) is 0 Å². The molecule has 0 aromatic heterocycles. The first-order valence-electron chi connectivity index (χ1n) is 11.5. The van der Waals surface area contributed by atoms with Crippen LogP contribution in [-0.2, 0) is 13.6 Å². The number of hydrogen-bond donors (Lipinski definition) is 0. The number of ether oxygens (including phenoxy) is 1. The third-order valence-electron chi connectivity index (χ3n) is 8.04. The molecule has 0 aromatic rings. The summed E-state index contributed by atoms with van der Waals surface area (Å²) in [6, 6.07) is 0. The van der Waals surface area contributed by atoms with E-state index in [0.717, 1.165) is 25.4 Å². The zero-order valence-electron chi connectivity index (χ0n) is 20.6. The van der Waals surface area contributed by atoms with Crippen molar-refractivity contribution in [1.29, 1.82) is 0 Å². The average molecular weight is 429 g/mol. The maximum Gasteiger partial charge on any atom is 0.192 e. The summed E-state index contributed by atoms with van der Waals surface area (Å²) in [5.74, 6) is 1.42. The molecule has 28 heavy (non-hydrogen) atoms. The van der Waals surface area contributed by atoms with E-state index in [9.17, 15) is 0 Å². The van der Waals surface area contributed by atoms with Crippen molar-refractivity contribution >= 4 is 16.6 Å². The van der Waals surface area contributed by atoms with E-state index in [1.807, 2.05) is 0 Å². The predicted molar refractivity (Wildman–Crippen MR) is 125 cm³/mol. The van der Waals surface area contributed by atoms with Crippen LogP contribution < -0.4 is 0 Å². The van der Waals surface area contributed by atoms with Gasteiger partial charge in [-0.15, -0.1) is 0 Å². The normalized spacial score (nSPS) is 31.0. The highest BCUT2D eigenvalue weighted by atomic mass is 28.4. The van der Waals surface area contributed by atoms with Crippen LogP contribution in [0.25, 0.3) is 0 Å². The standard InChI is InChI=1S/C23H48O3Si2/c1-17(21-16-24-21)14-18-12-13-19(25-27(8,9)22(2,3)4)20(15-18)26-28(10,11)23(5,6)7/h17-21H,12-16H2,1-11H3/t17-,18+,19-,20-,21+/m1/s1. The van der Waals surface area contributed by atoms with E-state index in [4.69, 9.17) is 13.6 Å². The van der Waals surface area contributed by atoms with Gasteiger partial charge in [0.25, 0.3) is 0 Å². The van der Waals surface area contributed by atoms with E-state index in [2.05, 4.69) is 74.7 Å². The monoisotopic (exact) mass is 428 g/mol. The molecule has 2 rings (SSSR count). The molecule has 3 nitrogen and oxygen atoms in total. The van der Waals surface area contributed by atoms with Crippen molar-refractivity contribution in [3.8, 4) is 0 Å². The summed E-state index contributed by atoms with van der Waals surface area (Å²) in [6.07, 6.45) is 5.88. The Morgan fingerprint density at radius 1 is 0.857 bits per heavy atom. The highest BCUT2D eigenvalue weighted by molar-refractivity contribution is 6.74. The second-order valence-corrected chi connectivity index (χ2v) is 22.1. The third kappa shape index (κ3) is 6.16. The molecule has 5 heteroatoms. The molecular weight excluding hydrogens is 380 g/mol. The molecule has 2 fully saturated rings. The predicted octanol–water partition coefficient (Wildman–Crippen LogP) is 6.99. The first kappa shape index (κ1) is 24.6. The maximum absolute atomic E-state index is 7.01. The molecule has 0 radical (unpaired) electrons. The van der Waals surface area contributed by atoms with Crippen molar-refractivity contribution in [2.75, 3.05) is 6.61 Å². The molecular formula is C23H48O3Si2. The van der Waals surface area contributed by atoms with Crippen molar-refractivity contribution in [3.63, 3.8) is 0 Å². The molecule has 1 saturated heterocycles.